The Morgan fingerprint density at radius 1 is 1.09 bits per heavy atom. The Bertz CT molecular complexity index is 471. The van der Waals surface area contributed by atoms with Crippen molar-refractivity contribution in [3.05, 3.63) is 35.9 Å². The molecule has 3 atom stereocenters. The monoisotopic (exact) mass is 320 g/mol. The molecule has 23 heavy (non-hydrogen) atoms. The molecule has 3 heteroatoms. The topological polar surface area (TPSA) is 38.7 Å². The molecule has 0 spiro atoms. The zero-order chi connectivity index (χ0) is 16.9. The van der Waals surface area contributed by atoms with Crippen LogP contribution >= 0.6 is 0 Å². The SMILES string of the molecule is CC(O)COC1(C(C)C)CCCC(C)(OCc2ccccc2)C1. The van der Waals surface area contributed by atoms with Gasteiger partial charge in [0.1, 0.15) is 0 Å². The van der Waals surface area contributed by atoms with E-state index in [2.05, 4.69) is 32.9 Å². The second-order valence-electron chi connectivity index (χ2n) is 7.63. The average molecular weight is 320 g/mol. The number of hydrogen-bond acceptors (Lipinski definition) is 3. The van der Waals surface area contributed by atoms with E-state index in [1.54, 1.807) is 6.92 Å². The minimum atomic E-state index is -0.427. The van der Waals surface area contributed by atoms with E-state index in [0.29, 0.717) is 19.1 Å². The van der Waals surface area contributed by atoms with Crippen molar-refractivity contribution in [1.29, 1.82) is 0 Å². The smallest absolute Gasteiger partial charge is 0.0745 e. The zero-order valence-electron chi connectivity index (χ0n) is 15.0. The van der Waals surface area contributed by atoms with Crippen molar-refractivity contribution >= 4 is 0 Å². The molecule has 1 aromatic carbocycles. The predicted molar refractivity (Wildman–Crippen MR) is 93.3 cm³/mol. The first-order valence-electron chi connectivity index (χ1n) is 8.85. The molecule has 0 heterocycles. The molecule has 1 aromatic rings. The summed E-state index contributed by atoms with van der Waals surface area (Å²) in [5, 5.41) is 9.61. The van der Waals surface area contributed by atoms with E-state index in [0.717, 1.165) is 25.7 Å². The number of aliphatic hydroxyl groups excluding tert-OH is 1. The van der Waals surface area contributed by atoms with Crippen molar-refractivity contribution in [1.82, 2.24) is 0 Å². The second kappa shape index (κ2) is 7.78. The third kappa shape index (κ3) is 5.03. The molecule has 0 aliphatic heterocycles. The van der Waals surface area contributed by atoms with Gasteiger partial charge in [0, 0.05) is 6.42 Å². The van der Waals surface area contributed by atoms with Gasteiger partial charge >= 0.3 is 0 Å². The lowest BCUT2D eigenvalue weighted by Crippen LogP contribution is -2.51. The van der Waals surface area contributed by atoms with Gasteiger partial charge in [-0.05, 0) is 44.6 Å². The Balaban J connectivity index is 2.03. The molecular weight excluding hydrogens is 288 g/mol. The van der Waals surface area contributed by atoms with Crippen molar-refractivity contribution in [2.24, 2.45) is 5.92 Å². The van der Waals surface area contributed by atoms with Gasteiger partial charge in [-0.1, -0.05) is 44.2 Å². The molecule has 1 saturated carbocycles. The van der Waals surface area contributed by atoms with E-state index < -0.39 is 6.10 Å². The van der Waals surface area contributed by atoms with E-state index >= 15 is 0 Å². The van der Waals surface area contributed by atoms with Crippen LogP contribution in [0.4, 0.5) is 0 Å². The van der Waals surface area contributed by atoms with Crippen LogP contribution in [-0.2, 0) is 16.1 Å². The van der Waals surface area contributed by atoms with Crippen molar-refractivity contribution in [2.45, 2.75) is 77.3 Å². The summed E-state index contributed by atoms with van der Waals surface area (Å²) in [7, 11) is 0. The summed E-state index contributed by atoms with van der Waals surface area (Å²) in [5.41, 5.74) is 0.844. The molecule has 0 aromatic heterocycles. The van der Waals surface area contributed by atoms with E-state index in [-0.39, 0.29) is 11.2 Å². The fourth-order valence-electron chi connectivity index (χ4n) is 3.60. The minimum Gasteiger partial charge on any atom is -0.391 e. The number of ether oxygens (including phenoxy) is 2. The molecule has 130 valence electrons. The largest absolute Gasteiger partial charge is 0.391 e. The van der Waals surface area contributed by atoms with Crippen molar-refractivity contribution in [2.75, 3.05) is 6.61 Å². The lowest BCUT2D eigenvalue weighted by molar-refractivity contribution is -0.182. The van der Waals surface area contributed by atoms with E-state index in [1.165, 1.54) is 5.56 Å². The van der Waals surface area contributed by atoms with Gasteiger partial charge in [0.05, 0.1) is 30.5 Å². The highest BCUT2D eigenvalue weighted by molar-refractivity contribution is 5.13. The normalized spacial score (nSPS) is 29.7. The number of benzene rings is 1. The fraction of sp³-hybridized carbons (Fsp3) is 0.700. The summed E-state index contributed by atoms with van der Waals surface area (Å²) in [6.07, 6.45) is 3.66. The van der Waals surface area contributed by atoms with Crippen LogP contribution in [0.2, 0.25) is 0 Å². The number of aliphatic hydroxyl groups is 1. The van der Waals surface area contributed by atoms with Crippen molar-refractivity contribution in [3.8, 4) is 0 Å². The molecule has 1 aliphatic carbocycles. The van der Waals surface area contributed by atoms with E-state index in [4.69, 9.17) is 9.47 Å². The summed E-state index contributed by atoms with van der Waals surface area (Å²) in [5.74, 6) is 0.404. The van der Waals surface area contributed by atoms with Gasteiger partial charge in [-0.25, -0.2) is 0 Å². The Morgan fingerprint density at radius 3 is 2.39 bits per heavy atom. The maximum atomic E-state index is 9.61. The first-order valence-corrected chi connectivity index (χ1v) is 8.85. The molecule has 0 amide bonds. The van der Waals surface area contributed by atoms with Gasteiger partial charge in [-0.2, -0.15) is 0 Å². The molecule has 3 unspecified atom stereocenters. The Labute approximate surface area is 141 Å². The van der Waals surface area contributed by atoms with Gasteiger partial charge in [-0.15, -0.1) is 0 Å². The summed E-state index contributed by atoms with van der Waals surface area (Å²) in [6, 6.07) is 10.3. The maximum Gasteiger partial charge on any atom is 0.0745 e. The average Bonchev–Trinajstić information content (AvgIpc) is 2.52. The van der Waals surface area contributed by atoms with Crippen LogP contribution in [0.3, 0.4) is 0 Å². The molecule has 1 fully saturated rings. The van der Waals surface area contributed by atoms with Crippen LogP contribution in [-0.4, -0.2) is 29.0 Å². The third-order valence-electron chi connectivity index (χ3n) is 5.07. The van der Waals surface area contributed by atoms with Gasteiger partial charge in [-0.3, -0.25) is 0 Å². The molecule has 3 nitrogen and oxygen atoms in total. The summed E-state index contributed by atoms with van der Waals surface area (Å²) < 4.78 is 12.5. The highest BCUT2D eigenvalue weighted by Gasteiger charge is 2.46. The van der Waals surface area contributed by atoms with Crippen LogP contribution in [0, 0.1) is 5.92 Å². The minimum absolute atomic E-state index is 0.170. The Hall–Kier alpha value is -0.900. The summed E-state index contributed by atoms with van der Waals surface area (Å²) in [4.78, 5) is 0. The lowest BCUT2D eigenvalue weighted by Gasteiger charge is -2.48. The van der Waals surface area contributed by atoms with Crippen LogP contribution in [0.5, 0.6) is 0 Å². The van der Waals surface area contributed by atoms with Crippen LogP contribution in [0.15, 0.2) is 30.3 Å². The fourth-order valence-corrected chi connectivity index (χ4v) is 3.60. The van der Waals surface area contributed by atoms with E-state index in [9.17, 15) is 5.11 Å². The van der Waals surface area contributed by atoms with Gasteiger partial charge in [0.25, 0.3) is 0 Å². The molecular formula is C20H32O3. The Morgan fingerprint density at radius 2 is 1.78 bits per heavy atom. The first kappa shape index (κ1) is 18.4. The standard InChI is InChI=1S/C20H32O3/c1-16(2)20(23-13-17(3)21)12-8-11-19(4,15-20)22-14-18-9-6-5-7-10-18/h5-7,9-10,16-17,21H,8,11-15H2,1-4H3. The van der Waals surface area contributed by atoms with Crippen LogP contribution in [0.1, 0.15) is 58.9 Å². The Kier molecular flexibility index (Phi) is 6.24. The maximum absolute atomic E-state index is 9.61. The van der Waals surface area contributed by atoms with Crippen molar-refractivity contribution in [3.63, 3.8) is 0 Å². The number of hydrogen-bond donors (Lipinski definition) is 1. The first-order chi connectivity index (χ1) is 10.9. The lowest BCUT2D eigenvalue weighted by atomic mass is 9.70. The quantitative estimate of drug-likeness (QED) is 0.813. The van der Waals surface area contributed by atoms with Gasteiger partial charge < -0.3 is 14.6 Å². The highest BCUT2D eigenvalue weighted by Crippen LogP contribution is 2.44. The second-order valence-corrected chi connectivity index (χ2v) is 7.63. The summed E-state index contributed by atoms with van der Waals surface area (Å²) in [6.45, 7) is 9.45. The zero-order valence-corrected chi connectivity index (χ0v) is 15.0. The van der Waals surface area contributed by atoms with Crippen LogP contribution < -0.4 is 0 Å². The van der Waals surface area contributed by atoms with E-state index in [1.807, 2.05) is 18.2 Å². The molecule has 0 saturated heterocycles. The third-order valence-corrected chi connectivity index (χ3v) is 5.07. The molecule has 2 rings (SSSR count). The highest BCUT2D eigenvalue weighted by atomic mass is 16.5. The predicted octanol–water partition coefficient (Wildman–Crippen LogP) is 4.33. The molecule has 1 aliphatic rings. The van der Waals surface area contributed by atoms with Crippen LogP contribution in [0.25, 0.3) is 0 Å². The van der Waals surface area contributed by atoms with Crippen molar-refractivity contribution < 1.29 is 14.6 Å². The molecule has 0 bridgehead atoms. The van der Waals surface area contributed by atoms with Gasteiger partial charge in [0.15, 0.2) is 0 Å². The van der Waals surface area contributed by atoms with Gasteiger partial charge in [0.2, 0.25) is 0 Å². The molecule has 0 radical (unpaired) electrons. The summed E-state index contributed by atoms with van der Waals surface area (Å²) >= 11 is 0. The molecule has 1 N–H and O–H groups in total. The number of rotatable bonds is 7.